The molecule has 0 aromatic carbocycles. The van der Waals surface area contributed by atoms with Gasteiger partial charge in [0.25, 0.3) is 0 Å². The topological polar surface area (TPSA) is 21.7 Å². The summed E-state index contributed by atoms with van der Waals surface area (Å²) >= 11 is 0. The molecule has 0 aromatic heterocycles. The predicted molar refractivity (Wildman–Crippen MR) is 51.5 cm³/mol. The van der Waals surface area contributed by atoms with Crippen molar-refractivity contribution in [3.63, 3.8) is 0 Å². The van der Waals surface area contributed by atoms with Crippen molar-refractivity contribution < 1.29 is 8.85 Å². The standard InChI is InChI=1S/C8H19NO2Si/c1-9-5-4-8-12(3,10-2)11-7-6-9/h4-8H2,1-3H3. The highest BCUT2D eigenvalue weighted by atomic mass is 28.4. The fourth-order valence-electron chi connectivity index (χ4n) is 1.43. The molecule has 0 aromatic rings. The van der Waals surface area contributed by atoms with E-state index in [0.717, 1.165) is 19.2 Å². The molecule has 1 fully saturated rings. The summed E-state index contributed by atoms with van der Waals surface area (Å²) in [5.41, 5.74) is 0. The van der Waals surface area contributed by atoms with Gasteiger partial charge in [0.05, 0.1) is 0 Å². The second-order valence-electron chi connectivity index (χ2n) is 3.59. The van der Waals surface area contributed by atoms with Crippen LogP contribution < -0.4 is 0 Å². The van der Waals surface area contributed by atoms with Crippen LogP contribution in [-0.4, -0.2) is 47.3 Å². The summed E-state index contributed by atoms with van der Waals surface area (Å²) in [5, 5.41) is 0. The molecule has 3 nitrogen and oxygen atoms in total. The van der Waals surface area contributed by atoms with Gasteiger partial charge < -0.3 is 13.8 Å². The minimum absolute atomic E-state index is 0.826. The fraction of sp³-hybridized carbons (Fsp3) is 1.00. The number of rotatable bonds is 1. The Morgan fingerprint density at radius 3 is 2.83 bits per heavy atom. The van der Waals surface area contributed by atoms with Crippen LogP contribution >= 0.6 is 0 Å². The first kappa shape index (κ1) is 10.2. The van der Waals surface area contributed by atoms with Gasteiger partial charge in [-0.15, -0.1) is 0 Å². The van der Waals surface area contributed by atoms with Gasteiger partial charge in [0.2, 0.25) is 0 Å². The maximum Gasteiger partial charge on any atom is 0.334 e. The average Bonchev–Trinajstić information content (AvgIpc) is 2.01. The van der Waals surface area contributed by atoms with Crippen LogP contribution in [0.25, 0.3) is 0 Å². The second kappa shape index (κ2) is 4.37. The van der Waals surface area contributed by atoms with Gasteiger partial charge in [0, 0.05) is 20.3 Å². The molecule has 0 spiro atoms. The van der Waals surface area contributed by atoms with Crippen LogP contribution in [0.4, 0.5) is 0 Å². The van der Waals surface area contributed by atoms with E-state index in [1.807, 2.05) is 0 Å². The molecule has 0 bridgehead atoms. The Balaban J connectivity index is 2.40. The highest BCUT2D eigenvalue weighted by Gasteiger charge is 2.30. The molecule has 72 valence electrons. The Bertz CT molecular complexity index is 133. The number of hydrogen-bond acceptors (Lipinski definition) is 3. The highest BCUT2D eigenvalue weighted by Crippen LogP contribution is 2.16. The van der Waals surface area contributed by atoms with Crippen molar-refractivity contribution in [2.75, 3.05) is 33.9 Å². The lowest BCUT2D eigenvalue weighted by atomic mass is 10.4. The Labute approximate surface area is 75.9 Å². The molecular formula is C8H19NO2Si. The van der Waals surface area contributed by atoms with Crippen molar-refractivity contribution in [2.24, 2.45) is 0 Å². The van der Waals surface area contributed by atoms with Crippen LogP contribution in [0.5, 0.6) is 0 Å². The van der Waals surface area contributed by atoms with Crippen LogP contribution in [0.1, 0.15) is 6.42 Å². The Kier molecular flexibility index (Phi) is 3.70. The summed E-state index contributed by atoms with van der Waals surface area (Å²) in [4.78, 5) is 2.31. The van der Waals surface area contributed by atoms with Gasteiger partial charge in [0.1, 0.15) is 0 Å². The summed E-state index contributed by atoms with van der Waals surface area (Å²) in [6.45, 7) is 5.19. The molecule has 1 aliphatic rings. The van der Waals surface area contributed by atoms with Crippen LogP contribution in [-0.2, 0) is 8.85 Å². The van der Waals surface area contributed by atoms with Crippen LogP contribution in [0.15, 0.2) is 0 Å². The minimum Gasteiger partial charge on any atom is -0.398 e. The van der Waals surface area contributed by atoms with Crippen molar-refractivity contribution in [3.05, 3.63) is 0 Å². The summed E-state index contributed by atoms with van der Waals surface area (Å²) < 4.78 is 11.2. The zero-order chi connectivity index (χ0) is 9.03. The molecule has 12 heavy (non-hydrogen) atoms. The Morgan fingerprint density at radius 2 is 2.17 bits per heavy atom. The van der Waals surface area contributed by atoms with Crippen LogP contribution in [0.3, 0.4) is 0 Å². The van der Waals surface area contributed by atoms with E-state index in [-0.39, 0.29) is 0 Å². The molecule has 0 aliphatic carbocycles. The lowest BCUT2D eigenvalue weighted by Gasteiger charge is -2.30. The van der Waals surface area contributed by atoms with E-state index in [1.165, 1.54) is 13.0 Å². The molecule has 0 saturated carbocycles. The molecule has 1 aliphatic heterocycles. The van der Waals surface area contributed by atoms with Gasteiger partial charge in [-0.05, 0) is 32.6 Å². The van der Waals surface area contributed by atoms with E-state index >= 15 is 0 Å². The lowest BCUT2D eigenvalue weighted by molar-refractivity contribution is 0.161. The van der Waals surface area contributed by atoms with E-state index < -0.39 is 8.56 Å². The third-order valence-electron chi connectivity index (χ3n) is 2.48. The van der Waals surface area contributed by atoms with E-state index in [4.69, 9.17) is 8.85 Å². The molecule has 0 N–H and O–H groups in total. The zero-order valence-electron chi connectivity index (χ0n) is 8.30. The largest absolute Gasteiger partial charge is 0.398 e. The van der Waals surface area contributed by atoms with E-state index in [0.29, 0.717) is 0 Å². The van der Waals surface area contributed by atoms with Gasteiger partial charge in [-0.1, -0.05) is 0 Å². The smallest absolute Gasteiger partial charge is 0.334 e. The predicted octanol–water partition coefficient (Wildman–Crippen LogP) is 1.06. The van der Waals surface area contributed by atoms with Crippen molar-refractivity contribution in [1.82, 2.24) is 4.90 Å². The third-order valence-corrected chi connectivity index (χ3v) is 5.42. The Hall–Kier alpha value is 0.0969. The molecule has 0 radical (unpaired) electrons. The first-order chi connectivity index (χ1) is 5.66. The summed E-state index contributed by atoms with van der Waals surface area (Å²) in [6, 6.07) is 1.12. The zero-order valence-corrected chi connectivity index (χ0v) is 9.30. The molecule has 1 unspecified atom stereocenters. The molecule has 4 heteroatoms. The van der Waals surface area contributed by atoms with Crippen molar-refractivity contribution in [1.29, 1.82) is 0 Å². The molecule has 1 rings (SSSR count). The monoisotopic (exact) mass is 189 g/mol. The minimum atomic E-state index is -1.75. The van der Waals surface area contributed by atoms with Crippen LogP contribution in [0, 0.1) is 0 Å². The van der Waals surface area contributed by atoms with Gasteiger partial charge in [-0.2, -0.15) is 0 Å². The molecule has 0 amide bonds. The van der Waals surface area contributed by atoms with Crippen LogP contribution in [0.2, 0.25) is 12.6 Å². The maximum absolute atomic E-state index is 5.76. The summed E-state index contributed by atoms with van der Waals surface area (Å²) in [5.74, 6) is 0. The van der Waals surface area contributed by atoms with E-state index in [9.17, 15) is 0 Å². The Morgan fingerprint density at radius 1 is 1.42 bits per heavy atom. The third kappa shape index (κ3) is 2.86. The quantitative estimate of drug-likeness (QED) is 0.576. The normalized spacial score (nSPS) is 34.2. The average molecular weight is 189 g/mol. The van der Waals surface area contributed by atoms with Gasteiger partial charge in [0.15, 0.2) is 0 Å². The maximum atomic E-state index is 5.76. The van der Waals surface area contributed by atoms with Gasteiger partial charge in [-0.25, -0.2) is 0 Å². The summed E-state index contributed by atoms with van der Waals surface area (Å²) in [6.07, 6.45) is 1.20. The number of nitrogens with zero attached hydrogens (tertiary/aromatic N) is 1. The first-order valence-electron chi connectivity index (χ1n) is 4.54. The lowest BCUT2D eigenvalue weighted by Crippen LogP contribution is -2.42. The number of likely N-dealkylation sites (N-methyl/N-ethyl adjacent to an activating group) is 1. The molecule has 1 saturated heterocycles. The molecule has 1 heterocycles. The second-order valence-corrected chi connectivity index (χ2v) is 7.06. The van der Waals surface area contributed by atoms with Crippen molar-refractivity contribution in [2.45, 2.75) is 19.0 Å². The molecular weight excluding hydrogens is 170 g/mol. The first-order valence-corrected chi connectivity index (χ1v) is 7.06. The van der Waals surface area contributed by atoms with Gasteiger partial charge >= 0.3 is 8.56 Å². The van der Waals surface area contributed by atoms with Crippen molar-refractivity contribution >= 4 is 8.56 Å². The van der Waals surface area contributed by atoms with E-state index in [2.05, 4.69) is 18.5 Å². The van der Waals surface area contributed by atoms with Crippen molar-refractivity contribution in [3.8, 4) is 0 Å². The SMILES string of the molecule is CO[Si]1(C)CCCN(C)CCO1. The van der Waals surface area contributed by atoms with E-state index in [1.54, 1.807) is 7.11 Å². The highest BCUT2D eigenvalue weighted by molar-refractivity contribution is 6.65. The summed E-state index contributed by atoms with van der Waals surface area (Å²) in [7, 11) is 2.17. The fourth-order valence-corrected chi connectivity index (χ4v) is 3.22. The number of hydrogen-bond donors (Lipinski definition) is 0. The van der Waals surface area contributed by atoms with Gasteiger partial charge in [-0.3, -0.25) is 0 Å². The molecule has 1 atom stereocenters.